The molecule has 2 N–H and O–H groups in total. The van der Waals surface area contributed by atoms with Crippen LogP contribution in [-0.2, 0) is 9.59 Å². The van der Waals surface area contributed by atoms with Gasteiger partial charge >= 0.3 is 0 Å². The zero-order valence-corrected chi connectivity index (χ0v) is 6.97. The van der Waals surface area contributed by atoms with Gasteiger partial charge in [0.25, 0.3) is 0 Å². The smallest absolute Gasteiger partial charge is 0.221 e. The van der Waals surface area contributed by atoms with E-state index in [9.17, 15) is 9.59 Å². The van der Waals surface area contributed by atoms with E-state index in [2.05, 4.69) is 0 Å². The monoisotopic (exact) mass is 156 g/mol. The first-order chi connectivity index (χ1) is 5.46. The molecule has 62 valence electrons. The largest absolute Gasteiger partial charge is 0.369 e. The van der Waals surface area contributed by atoms with Gasteiger partial charge in [0.05, 0.1) is 5.92 Å². The lowest BCUT2D eigenvalue weighted by Crippen LogP contribution is -2.20. The second-order valence-electron chi connectivity index (χ2n) is 3.47. The fourth-order valence-corrected chi connectivity index (χ4v) is 1.77. The molecule has 3 nitrogen and oxygen atoms in total. The average molecular weight is 156 g/mol. The van der Waals surface area contributed by atoms with Gasteiger partial charge in [0.1, 0.15) is 5.78 Å². The highest BCUT2D eigenvalue weighted by Gasteiger charge is 2.64. The number of carbonyl (C=O) groups excluding carboxylic acids is 2. The summed E-state index contributed by atoms with van der Waals surface area (Å²) in [4.78, 5) is 22.2. The van der Waals surface area contributed by atoms with Crippen molar-refractivity contribution in [3.63, 3.8) is 0 Å². The second kappa shape index (κ2) is 2.06. The Bertz CT molecular complexity index is 241. The van der Waals surface area contributed by atoms with Crippen LogP contribution in [0.2, 0.25) is 1.41 Å². The molecule has 3 atom stereocenters. The number of ketones is 1. The van der Waals surface area contributed by atoms with Crippen LogP contribution in [0.4, 0.5) is 0 Å². The summed E-state index contributed by atoms with van der Waals surface area (Å²) in [6.07, 6.45) is 0. The fraction of sp³-hybridized carbons (Fsp3) is 0.750. The van der Waals surface area contributed by atoms with E-state index >= 15 is 0 Å². The van der Waals surface area contributed by atoms with Gasteiger partial charge in [-0.05, 0) is 12.8 Å². The molecule has 0 radical (unpaired) electrons. The van der Waals surface area contributed by atoms with Crippen LogP contribution < -0.4 is 5.73 Å². The topological polar surface area (TPSA) is 60.2 Å². The average Bonchev–Trinajstić information content (AvgIpc) is 2.56. The molecule has 1 aliphatic rings. The van der Waals surface area contributed by atoms with Crippen LogP contribution in [0, 0.1) is 17.3 Å². The maximum atomic E-state index is 11.1. The Kier molecular flexibility index (Phi) is 1.28. The van der Waals surface area contributed by atoms with Gasteiger partial charge in [-0.25, -0.2) is 0 Å². The zero-order chi connectivity index (χ0) is 9.52. The first-order valence-corrected chi connectivity index (χ1v) is 3.68. The number of carbonyl (C=O) groups is 2. The lowest BCUT2D eigenvalue weighted by Gasteiger charge is -2.02. The van der Waals surface area contributed by atoms with Gasteiger partial charge in [-0.2, -0.15) is 0 Å². The molecule has 1 saturated carbocycles. The van der Waals surface area contributed by atoms with Crippen molar-refractivity contribution in [3.8, 4) is 0 Å². The van der Waals surface area contributed by atoms with Crippen LogP contribution >= 0.6 is 0 Å². The molecule has 0 bridgehead atoms. The van der Waals surface area contributed by atoms with E-state index in [1.165, 1.54) is 6.92 Å². The van der Waals surface area contributed by atoms with Crippen LogP contribution in [0.1, 0.15) is 20.8 Å². The van der Waals surface area contributed by atoms with E-state index in [0.29, 0.717) is 0 Å². The summed E-state index contributed by atoms with van der Waals surface area (Å²) in [7, 11) is 0. The molecule has 1 amide bonds. The molecule has 11 heavy (non-hydrogen) atoms. The molecular weight excluding hydrogens is 142 g/mol. The Morgan fingerprint density at radius 3 is 2.45 bits per heavy atom. The van der Waals surface area contributed by atoms with Gasteiger partial charge in [0.15, 0.2) is 1.41 Å². The molecule has 1 rings (SSSR count). The molecule has 1 aliphatic carbocycles. The van der Waals surface area contributed by atoms with Crippen molar-refractivity contribution in [2.45, 2.75) is 20.8 Å². The third-order valence-electron chi connectivity index (χ3n) is 3.02. The number of amides is 1. The summed E-state index contributed by atoms with van der Waals surface area (Å²) in [6.45, 7) is 5.13. The predicted molar refractivity (Wildman–Crippen MR) is 40.6 cm³/mol. The molecular formula is C8H13NO2. The van der Waals surface area contributed by atoms with Gasteiger partial charge in [-0.15, -0.1) is 0 Å². The normalized spacial score (nSPS) is 42.6. The van der Waals surface area contributed by atoms with Crippen LogP contribution in [0.15, 0.2) is 0 Å². The second-order valence-corrected chi connectivity index (χ2v) is 3.47. The Labute approximate surface area is 67.4 Å². The summed E-state index contributed by atoms with van der Waals surface area (Å²) in [5, 5.41) is 0. The zero-order valence-electron chi connectivity index (χ0n) is 7.97. The molecule has 3 heteroatoms. The summed E-state index contributed by atoms with van der Waals surface area (Å²) in [5.41, 5.74) is 1.30. The van der Waals surface area contributed by atoms with Crippen molar-refractivity contribution in [3.05, 3.63) is 0 Å². The number of primary amides is 1. The molecule has 0 aromatic heterocycles. The van der Waals surface area contributed by atoms with Gasteiger partial charge in [-0.3, -0.25) is 9.59 Å². The molecule has 0 spiro atoms. The first-order valence-electron chi connectivity index (χ1n) is 4.18. The van der Waals surface area contributed by atoms with Crippen molar-refractivity contribution in [2.75, 3.05) is 0 Å². The predicted octanol–water partition coefficient (Wildman–Crippen LogP) is 0.333. The number of rotatable bonds is 2. The molecule has 0 saturated heterocycles. The minimum Gasteiger partial charge on any atom is -0.369 e. The van der Waals surface area contributed by atoms with Crippen LogP contribution in [-0.4, -0.2) is 11.7 Å². The van der Waals surface area contributed by atoms with Crippen molar-refractivity contribution in [2.24, 2.45) is 23.0 Å². The van der Waals surface area contributed by atoms with E-state index in [0.717, 1.165) is 0 Å². The van der Waals surface area contributed by atoms with Crippen LogP contribution in [0.5, 0.6) is 0 Å². The molecule has 1 unspecified atom stereocenters. The minimum atomic E-state index is -0.523. The van der Waals surface area contributed by atoms with Crippen molar-refractivity contribution in [1.29, 1.82) is 0 Å². The summed E-state index contributed by atoms with van der Waals surface area (Å²) in [6, 6.07) is 0. The molecule has 0 aliphatic heterocycles. The number of hydrogen-bond donors (Lipinski definition) is 1. The number of Topliss-reactive ketones (excluding diaryl/α,β-unsaturated/α-hetero) is 1. The van der Waals surface area contributed by atoms with Gasteiger partial charge in [0, 0.05) is 5.41 Å². The third kappa shape index (κ3) is 0.870. The number of nitrogens with two attached hydrogens (primary N) is 1. The van der Waals surface area contributed by atoms with Crippen molar-refractivity contribution >= 4 is 11.7 Å². The summed E-state index contributed by atoms with van der Waals surface area (Å²) < 4.78 is 6.68. The van der Waals surface area contributed by atoms with E-state index < -0.39 is 5.41 Å². The third-order valence-corrected chi connectivity index (χ3v) is 3.02. The first kappa shape index (κ1) is 6.83. The highest BCUT2D eigenvalue weighted by molar-refractivity contribution is 5.95. The Morgan fingerprint density at radius 2 is 2.18 bits per heavy atom. The molecule has 0 aromatic carbocycles. The quantitative estimate of drug-likeness (QED) is 0.626. The van der Waals surface area contributed by atoms with E-state index in [4.69, 9.17) is 1.41 Å². The van der Waals surface area contributed by atoms with E-state index in [1.807, 2.05) is 12.7 Å². The standard InChI is InChI=1S/C8H13NO2/c1-4-6(7(9)11)8(4,3)5(2)10/h4,6H,1-3H3,(H2,9,11)/t4?,6-,8+/m1/s1/i/hD. The highest BCUT2D eigenvalue weighted by atomic mass is 16.2. The summed E-state index contributed by atoms with van der Waals surface area (Å²) >= 11 is 0. The van der Waals surface area contributed by atoms with Gasteiger partial charge in [-0.1, -0.05) is 13.8 Å². The van der Waals surface area contributed by atoms with Crippen LogP contribution in [0.25, 0.3) is 0 Å². The lowest BCUT2D eigenvalue weighted by atomic mass is 10.0. The SMILES string of the molecule is [2H]NC(=O)[C@H]1C(C)[C@@]1(C)C(C)=O. The Morgan fingerprint density at radius 1 is 1.64 bits per heavy atom. The maximum absolute atomic E-state index is 11.1. The van der Waals surface area contributed by atoms with Gasteiger partial charge in [0.2, 0.25) is 5.91 Å². The number of hydrogen-bond acceptors (Lipinski definition) is 2. The maximum Gasteiger partial charge on any atom is 0.221 e. The molecule has 0 aromatic rings. The Balaban J connectivity index is 2.76. The van der Waals surface area contributed by atoms with Crippen molar-refractivity contribution in [1.82, 2.24) is 0 Å². The van der Waals surface area contributed by atoms with E-state index in [-0.39, 0.29) is 23.5 Å². The molecule has 1 fully saturated rings. The highest BCUT2D eigenvalue weighted by Crippen LogP contribution is 2.58. The van der Waals surface area contributed by atoms with Crippen LogP contribution in [0.3, 0.4) is 0 Å². The van der Waals surface area contributed by atoms with Gasteiger partial charge < -0.3 is 5.73 Å². The van der Waals surface area contributed by atoms with Crippen molar-refractivity contribution < 1.29 is 11.0 Å². The molecule has 0 heterocycles. The minimum absolute atomic E-state index is 0.0311. The lowest BCUT2D eigenvalue weighted by molar-refractivity contribution is -0.126. The Hall–Kier alpha value is -0.860. The summed E-state index contributed by atoms with van der Waals surface area (Å²) in [5.74, 6) is -0.545. The van der Waals surface area contributed by atoms with E-state index in [1.54, 1.807) is 6.92 Å². The fourth-order valence-electron chi connectivity index (χ4n) is 1.77.